The van der Waals surface area contributed by atoms with E-state index >= 15 is 0 Å². The normalized spacial score (nSPS) is 26.1. The van der Waals surface area contributed by atoms with Gasteiger partial charge in [-0.15, -0.1) is 0 Å². The van der Waals surface area contributed by atoms with E-state index < -0.39 is 23.3 Å². The summed E-state index contributed by atoms with van der Waals surface area (Å²) >= 11 is 0. The Bertz CT molecular complexity index is 412. The van der Waals surface area contributed by atoms with E-state index in [0.717, 1.165) is 4.90 Å². The summed E-state index contributed by atoms with van der Waals surface area (Å²) in [5, 5.41) is 18.4. The highest BCUT2D eigenvalue weighted by molar-refractivity contribution is 6.05. The van der Waals surface area contributed by atoms with Crippen LogP contribution in [-0.2, 0) is 9.59 Å². The van der Waals surface area contributed by atoms with Crippen molar-refractivity contribution in [2.75, 3.05) is 13.1 Å². The molecule has 0 aromatic heterocycles. The van der Waals surface area contributed by atoms with E-state index in [2.05, 4.69) is 0 Å². The third-order valence-electron chi connectivity index (χ3n) is 4.30. The summed E-state index contributed by atoms with van der Waals surface area (Å²) in [5.74, 6) is -2.04. The largest absolute Gasteiger partial charge is 0.480 e. The molecule has 0 aromatic carbocycles. The number of carbonyl (C=O) groups excluding carboxylic acids is 1. The van der Waals surface area contributed by atoms with E-state index in [4.69, 9.17) is 5.11 Å². The highest BCUT2D eigenvalue weighted by Crippen LogP contribution is 2.45. The molecule has 1 rings (SSSR count). The molecule has 0 saturated carbocycles. The van der Waals surface area contributed by atoms with Crippen molar-refractivity contribution in [3.05, 3.63) is 0 Å². The van der Waals surface area contributed by atoms with E-state index in [9.17, 15) is 19.5 Å². The van der Waals surface area contributed by atoms with Gasteiger partial charge in [-0.05, 0) is 17.8 Å². The second-order valence-electron chi connectivity index (χ2n) is 6.24. The minimum absolute atomic E-state index is 0.0336. The number of hydrogen-bond donors (Lipinski definition) is 2. The SMILES string of the molecule is CC(C(C)(C)C)C1(C(=O)O)CCN(C(=O)O)CC1=O. The lowest BCUT2D eigenvalue weighted by molar-refractivity contribution is -0.166. The molecule has 1 heterocycles. The van der Waals surface area contributed by atoms with Gasteiger partial charge in [-0.1, -0.05) is 27.7 Å². The van der Waals surface area contributed by atoms with Gasteiger partial charge in [0.1, 0.15) is 5.41 Å². The summed E-state index contributed by atoms with van der Waals surface area (Å²) in [6.45, 7) is 7.15. The standard InChI is InChI=1S/C13H21NO5/c1-8(12(2,3)4)13(10(16)17)5-6-14(11(18)19)7-9(13)15/h8H,5-7H2,1-4H3,(H,16,17)(H,18,19). The maximum atomic E-state index is 12.3. The Balaban J connectivity index is 3.14. The molecule has 2 atom stereocenters. The van der Waals surface area contributed by atoms with Crippen molar-refractivity contribution in [3.8, 4) is 0 Å². The number of piperidine rings is 1. The maximum absolute atomic E-state index is 12.3. The minimum atomic E-state index is -1.48. The maximum Gasteiger partial charge on any atom is 0.407 e. The molecule has 1 aliphatic rings. The van der Waals surface area contributed by atoms with Crippen molar-refractivity contribution in [1.82, 2.24) is 4.90 Å². The van der Waals surface area contributed by atoms with Gasteiger partial charge in [0.05, 0.1) is 6.54 Å². The zero-order valence-corrected chi connectivity index (χ0v) is 11.8. The van der Waals surface area contributed by atoms with Crippen molar-refractivity contribution in [3.63, 3.8) is 0 Å². The summed E-state index contributed by atoms with van der Waals surface area (Å²) in [6.07, 6.45) is -1.15. The Morgan fingerprint density at radius 1 is 1.32 bits per heavy atom. The topological polar surface area (TPSA) is 94.9 Å². The number of carboxylic acids is 1. The lowest BCUT2D eigenvalue weighted by atomic mass is 9.60. The van der Waals surface area contributed by atoms with Crippen molar-refractivity contribution < 1.29 is 24.6 Å². The van der Waals surface area contributed by atoms with E-state index in [1.807, 2.05) is 20.8 Å². The van der Waals surface area contributed by atoms with Crippen LogP contribution in [0.15, 0.2) is 0 Å². The summed E-state index contributed by atoms with van der Waals surface area (Å²) in [6, 6.07) is 0. The quantitative estimate of drug-likeness (QED) is 0.745. The number of carboxylic acid groups (broad SMARTS) is 2. The fourth-order valence-electron chi connectivity index (χ4n) is 2.62. The molecule has 0 aromatic rings. The molecule has 6 nitrogen and oxygen atoms in total. The molecule has 19 heavy (non-hydrogen) atoms. The Morgan fingerprint density at radius 2 is 1.84 bits per heavy atom. The number of aliphatic carboxylic acids is 1. The van der Waals surface area contributed by atoms with Crippen LogP contribution < -0.4 is 0 Å². The minimum Gasteiger partial charge on any atom is -0.480 e. The van der Waals surface area contributed by atoms with Gasteiger partial charge < -0.3 is 15.1 Å². The Morgan fingerprint density at radius 3 is 2.16 bits per heavy atom. The highest BCUT2D eigenvalue weighted by atomic mass is 16.4. The Hall–Kier alpha value is -1.59. The van der Waals surface area contributed by atoms with Gasteiger partial charge >= 0.3 is 12.1 Å². The molecule has 2 N–H and O–H groups in total. The molecule has 2 unspecified atom stereocenters. The molecule has 1 aliphatic heterocycles. The first-order chi connectivity index (χ1) is 8.53. The smallest absolute Gasteiger partial charge is 0.407 e. The third-order valence-corrected chi connectivity index (χ3v) is 4.30. The van der Waals surface area contributed by atoms with Gasteiger partial charge in [0.25, 0.3) is 0 Å². The fourth-order valence-corrected chi connectivity index (χ4v) is 2.62. The lowest BCUT2D eigenvalue weighted by Gasteiger charge is -2.45. The van der Waals surface area contributed by atoms with E-state index in [1.165, 1.54) is 0 Å². The predicted molar refractivity (Wildman–Crippen MR) is 67.9 cm³/mol. The number of nitrogens with zero attached hydrogens (tertiary/aromatic N) is 1. The average Bonchev–Trinajstić information content (AvgIpc) is 2.26. The van der Waals surface area contributed by atoms with Crippen LogP contribution >= 0.6 is 0 Å². The van der Waals surface area contributed by atoms with Crippen LogP contribution in [0.4, 0.5) is 4.79 Å². The zero-order valence-electron chi connectivity index (χ0n) is 11.8. The highest BCUT2D eigenvalue weighted by Gasteiger charge is 2.55. The van der Waals surface area contributed by atoms with Crippen LogP contribution in [0.3, 0.4) is 0 Å². The van der Waals surface area contributed by atoms with Crippen LogP contribution in [0.2, 0.25) is 0 Å². The van der Waals surface area contributed by atoms with Gasteiger partial charge in [0.15, 0.2) is 5.78 Å². The number of carbonyl (C=O) groups is 3. The molecular formula is C13H21NO5. The summed E-state index contributed by atoms with van der Waals surface area (Å²) < 4.78 is 0. The number of hydrogen-bond acceptors (Lipinski definition) is 3. The number of ketones is 1. The molecule has 108 valence electrons. The number of rotatable bonds is 2. The second-order valence-corrected chi connectivity index (χ2v) is 6.24. The van der Waals surface area contributed by atoms with Gasteiger partial charge in [0, 0.05) is 6.54 Å². The first kappa shape index (κ1) is 15.5. The summed E-state index contributed by atoms with van der Waals surface area (Å²) in [7, 11) is 0. The number of amides is 1. The van der Waals surface area contributed by atoms with Crippen LogP contribution in [0.1, 0.15) is 34.1 Å². The molecule has 0 spiro atoms. The average molecular weight is 271 g/mol. The van der Waals surface area contributed by atoms with Crippen LogP contribution in [0.25, 0.3) is 0 Å². The Kier molecular flexibility index (Phi) is 3.93. The molecule has 1 fully saturated rings. The monoisotopic (exact) mass is 271 g/mol. The van der Waals surface area contributed by atoms with Crippen LogP contribution in [-0.4, -0.2) is 46.0 Å². The molecule has 1 saturated heterocycles. The summed E-state index contributed by atoms with van der Waals surface area (Å²) in [5.41, 5.74) is -1.83. The zero-order chi connectivity index (χ0) is 15.0. The van der Waals surface area contributed by atoms with Crippen molar-refractivity contribution >= 4 is 17.8 Å². The van der Waals surface area contributed by atoms with Crippen molar-refractivity contribution in [2.45, 2.75) is 34.1 Å². The summed E-state index contributed by atoms with van der Waals surface area (Å²) in [4.78, 5) is 35.8. The predicted octanol–water partition coefficient (Wildman–Crippen LogP) is 1.69. The molecule has 1 amide bonds. The lowest BCUT2D eigenvalue weighted by Crippen LogP contribution is -2.58. The molecule has 0 radical (unpaired) electrons. The van der Waals surface area contributed by atoms with Gasteiger partial charge in [-0.25, -0.2) is 4.79 Å². The van der Waals surface area contributed by atoms with E-state index in [0.29, 0.717) is 0 Å². The van der Waals surface area contributed by atoms with Gasteiger partial charge in [-0.3, -0.25) is 9.59 Å². The van der Waals surface area contributed by atoms with E-state index in [-0.39, 0.29) is 30.8 Å². The third kappa shape index (κ3) is 2.57. The van der Waals surface area contributed by atoms with E-state index in [1.54, 1.807) is 6.92 Å². The molecule has 0 aliphatic carbocycles. The van der Waals surface area contributed by atoms with Gasteiger partial charge in [-0.2, -0.15) is 0 Å². The van der Waals surface area contributed by atoms with Crippen molar-refractivity contribution in [1.29, 1.82) is 0 Å². The second kappa shape index (κ2) is 4.83. The van der Waals surface area contributed by atoms with Gasteiger partial charge in [0.2, 0.25) is 0 Å². The Labute approximate surface area is 112 Å². The first-order valence-electron chi connectivity index (χ1n) is 6.28. The molecule has 6 heteroatoms. The first-order valence-corrected chi connectivity index (χ1v) is 6.28. The van der Waals surface area contributed by atoms with Crippen LogP contribution in [0, 0.1) is 16.7 Å². The fraction of sp³-hybridized carbons (Fsp3) is 0.769. The molecule has 0 bridgehead atoms. The number of Topliss-reactive ketones (excluding diaryl/α,β-unsaturated/α-hetero) is 1. The van der Waals surface area contributed by atoms with Crippen molar-refractivity contribution in [2.24, 2.45) is 16.7 Å². The molecular weight excluding hydrogens is 250 g/mol. The van der Waals surface area contributed by atoms with Crippen LogP contribution in [0.5, 0.6) is 0 Å². The number of likely N-dealkylation sites (tertiary alicyclic amines) is 1.